The average Bonchev–Trinajstić information content (AvgIpc) is 3.19. The number of hydrogen-bond donors (Lipinski definition) is 3. The number of nitrogens with one attached hydrogen (secondary N) is 3. The van der Waals surface area contributed by atoms with Crippen molar-refractivity contribution in [2.75, 3.05) is 5.32 Å². The van der Waals surface area contributed by atoms with E-state index in [0.29, 0.717) is 5.92 Å². The topological polar surface area (TPSA) is 91.9 Å². The minimum atomic E-state index is -0.332. The fourth-order valence-corrected chi connectivity index (χ4v) is 3.24. The van der Waals surface area contributed by atoms with Crippen LogP contribution < -0.4 is 10.6 Å². The van der Waals surface area contributed by atoms with E-state index >= 15 is 0 Å². The molecule has 124 valence electrons. The molecular weight excluding hydrogens is 314 g/mol. The van der Waals surface area contributed by atoms with E-state index in [1.165, 1.54) is 11.5 Å². The summed E-state index contributed by atoms with van der Waals surface area (Å²) in [5.74, 6) is 1.89. The van der Waals surface area contributed by atoms with Crippen molar-refractivity contribution < 1.29 is 9.53 Å². The average molecular weight is 335 g/mol. The van der Waals surface area contributed by atoms with Crippen molar-refractivity contribution in [3.63, 3.8) is 0 Å². The molecule has 1 aliphatic carbocycles. The van der Waals surface area contributed by atoms with Crippen molar-refractivity contribution in [2.45, 2.75) is 51.2 Å². The number of carbonyl (C=O) groups excluding carboxylic acids is 1. The van der Waals surface area contributed by atoms with Gasteiger partial charge in [0.25, 0.3) is 0 Å². The van der Waals surface area contributed by atoms with Crippen molar-refractivity contribution in [3.8, 4) is 0 Å². The van der Waals surface area contributed by atoms with E-state index in [2.05, 4.69) is 25.2 Å². The second kappa shape index (κ2) is 6.99. The lowest BCUT2D eigenvalue weighted by molar-refractivity contribution is 0.0981. The predicted octanol–water partition coefficient (Wildman–Crippen LogP) is 3.38. The first-order valence-electron chi connectivity index (χ1n) is 7.80. The van der Waals surface area contributed by atoms with Crippen LogP contribution in [0.4, 0.5) is 16.4 Å². The highest BCUT2D eigenvalue weighted by Gasteiger charge is 2.30. The molecule has 3 N–H and O–H groups in total. The molecule has 23 heavy (non-hydrogen) atoms. The maximum atomic E-state index is 11.7. The summed E-state index contributed by atoms with van der Waals surface area (Å²) in [5.41, 5.74) is 1.07. The van der Waals surface area contributed by atoms with Crippen LogP contribution in [0.15, 0.2) is 17.5 Å². The summed E-state index contributed by atoms with van der Waals surface area (Å²) >= 11 is 1.40. The third-order valence-electron chi connectivity index (χ3n) is 3.80. The molecule has 8 heteroatoms. The van der Waals surface area contributed by atoms with Gasteiger partial charge in [0.15, 0.2) is 5.82 Å². The second-order valence-corrected chi connectivity index (χ2v) is 6.72. The Morgan fingerprint density at radius 3 is 3.04 bits per heavy atom. The van der Waals surface area contributed by atoms with Gasteiger partial charge in [0, 0.05) is 29.1 Å². The lowest BCUT2D eigenvalue weighted by atomic mass is 10.0. The van der Waals surface area contributed by atoms with Gasteiger partial charge in [-0.1, -0.05) is 0 Å². The van der Waals surface area contributed by atoms with Gasteiger partial charge < -0.3 is 15.4 Å². The Morgan fingerprint density at radius 1 is 1.43 bits per heavy atom. The van der Waals surface area contributed by atoms with E-state index < -0.39 is 0 Å². The van der Waals surface area contributed by atoms with Gasteiger partial charge >= 0.3 is 6.09 Å². The van der Waals surface area contributed by atoms with E-state index in [1.54, 1.807) is 0 Å². The third-order valence-corrected chi connectivity index (χ3v) is 4.36. The number of ether oxygens (including phenoxy) is 1. The molecule has 2 atom stereocenters. The van der Waals surface area contributed by atoms with Gasteiger partial charge in [0.2, 0.25) is 0 Å². The summed E-state index contributed by atoms with van der Waals surface area (Å²) < 4.78 is 9.66. The Bertz CT molecular complexity index is 640. The van der Waals surface area contributed by atoms with Crippen LogP contribution in [0, 0.1) is 0 Å². The fourth-order valence-electron chi connectivity index (χ4n) is 2.77. The molecule has 0 bridgehead atoms. The van der Waals surface area contributed by atoms with E-state index in [0.717, 1.165) is 36.6 Å². The van der Waals surface area contributed by atoms with Crippen LogP contribution >= 0.6 is 11.5 Å². The molecule has 1 fully saturated rings. The summed E-state index contributed by atoms with van der Waals surface area (Å²) in [5, 5.41) is 15.2. The van der Waals surface area contributed by atoms with Crippen molar-refractivity contribution >= 4 is 29.3 Å². The Kier molecular flexibility index (Phi) is 4.80. The van der Waals surface area contributed by atoms with Gasteiger partial charge in [0.1, 0.15) is 11.9 Å². The van der Waals surface area contributed by atoms with Gasteiger partial charge in [-0.3, -0.25) is 5.10 Å². The number of nitrogens with zero attached hydrogens (tertiary/aromatic N) is 2. The number of aromatic nitrogens is 3. The van der Waals surface area contributed by atoms with Gasteiger partial charge in [-0.15, -0.1) is 0 Å². The third kappa shape index (κ3) is 4.22. The van der Waals surface area contributed by atoms with Crippen LogP contribution in [-0.4, -0.2) is 32.8 Å². The molecule has 0 radical (unpaired) electrons. The first kappa shape index (κ1) is 15.8. The number of amides is 1. The van der Waals surface area contributed by atoms with Crippen LogP contribution in [0.25, 0.3) is 0 Å². The quantitative estimate of drug-likeness (QED) is 0.779. The SMILES string of the molecule is CC(C)NC(=O)O[C@@H]1CC[C@H](c2cc(Nc3ccsn3)n[nH]2)C1. The number of carbonyl (C=O) groups is 1. The molecule has 2 aromatic rings. The van der Waals surface area contributed by atoms with E-state index in [1.807, 2.05) is 31.4 Å². The van der Waals surface area contributed by atoms with Crippen LogP contribution in [-0.2, 0) is 4.74 Å². The number of aromatic amines is 1. The molecule has 2 heterocycles. The standard InChI is InChI=1S/C15H21N5O2S/c1-9(2)16-15(21)22-11-4-3-10(7-11)12-8-14(19-18-12)17-13-5-6-23-20-13/h5-6,8-11H,3-4,7H2,1-2H3,(H,16,21)(H2,17,18,19,20)/t10-,11+/m0/s1. The number of H-pyrrole nitrogens is 1. The lowest BCUT2D eigenvalue weighted by Crippen LogP contribution is -2.33. The van der Waals surface area contributed by atoms with Crippen LogP contribution in [0.2, 0.25) is 0 Å². The summed E-state index contributed by atoms with van der Waals surface area (Å²) in [7, 11) is 0. The zero-order valence-electron chi connectivity index (χ0n) is 13.2. The van der Waals surface area contributed by atoms with Gasteiger partial charge in [-0.25, -0.2) is 4.79 Å². The highest BCUT2D eigenvalue weighted by Crippen LogP contribution is 2.36. The first-order chi connectivity index (χ1) is 11.1. The lowest BCUT2D eigenvalue weighted by Gasteiger charge is -2.14. The molecular formula is C15H21N5O2S. The molecule has 7 nitrogen and oxygen atoms in total. The van der Waals surface area contributed by atoms with Crippen LogP contribution in [0.3, 0.4) is 0 Å². The molecule has 0 aliphatic heterocycles. The summed E-state index contributed by atoms with van der Waals surface area (Å²) in [6.07, 6.45) is 2.32. The maximum absolute atomic E-state index is 11.7. The molecule has 1 saturated carbocycles. The zero-order chi connectivity index (χ0) is 16.2. The summed E-state index contributed by atoms with van der Waals surface area (Å²) in [6.45, 7) is 3.83. The molecule has 3 rings (SSSR count). The molecule has 2 aromatic heterocycles. The number of alkyl carbamates (subject to hydrolysis) is 1. The fraction of sp³-hybridized carbons (Fsp3) is 0.533. The van der Waals surface area contributed by atoms with Gasteiger partial charge in [-0.2, -0.15) is 9.47 Å². The molecule has 0 aromatic carbocycles. The molecule has 1 aliphatic rings. The summed E-state index contributed by atoms with van der Waals surface area (Å²) in [4.78, 5) is 11.7. The smallest absolute Gasteiger partial charge is 0.407 e. The minimum absolute atomic E-state index is 0.0306. The Morgan fingerprint density at radius 2 is 2.30 bits per heavy atom. The molecule has 1 amide bonds. The number of anilines is 2. The molecule has 0 unspecified atom stereocenters. The largest absolute Gasteiger partial charge is 0.446 e. The molecule has 0 saturated heterocycles. The number of rotatable bonds is 5. The van der Waals surface area contributed by atoms with E-state index in [4.69, 9.17) is 4.74 Å². The van der Waals surface area contributed by atoms with Crippen molar-refractivity contribution in [1.29, 1.82) is 0 Å². The Labute approximate surface area is 139 Å². The monoisotopic (exact) mass is 335 g/mol. The highest BCUT2D eigenvalue weighted by molar-refractivity contribution is 7.03. The number of hydrogen-bond acceptors (Lipinski definition) is 6. The van der Waals surface area contributed by atoms with Crippen molar-refractivity contribution in [2.24, 2.45) is 0 Å². The normalized spacial score (nSPS) is 20.7. The Balaban J connectivity index is 1.53. The van der Waals surface area contributed by atoms with Crippen LogP contribution in [0.5, 0.6) is 0 Å². The second-order valence-electron chi connectivity index (χ2n) is 6.05. The minimum Gasteiger partial charge on any atom is -0.446 e. The summed E-state index contributed by atoms with van der Waals surface area (Å²) in [6, 6.07) is 4.00. The van der Waals surface area contributed by atoms with Gasteiger partial charge in [-0.05, 0) is 50.7 Å². The molecule has 0 spiro atoms. The predicted molar refractivity (Wildman–Crippen MR) is 89.1 cm³/mol. The maximum Gasteiger partial charge on any atom is 0.407 e. The Hall–Kier alpha value is -2.09. The van der Waals surface area contributed by atoms with E-state index in [-0.39, 0.29) is 18.2 Å². The zero-order valence-corrected chi connectivity index (χ0v) is 14.0. The van der Waals surface area contributed by atoms with Crippen LogP contribution in [0.1, 0.15) is 44.7 Å². The van der Waals surface area contributed by atoms with Gasteiger partial charge in [0.05, 0.1) is 0 Å². The van der Waals surface area contributed by atoms with Crippen molar-refractivity contribution in [3.05, 3.63) is 23.2 Å². The highest BCUT2D eigenvalue weighted by atomic mass is 32.1. The van der Waals surface area contributed by atoms with Crippen molar-refractivity contribution in [1.82, 2.24) is 19.9 Å². The first-order valence-corrected chi connectivity index (χ1v) is 8.63. The van der Waals surface area contributed by atoms with E-state index in [9.17, 15) is 4.79 Å².